The fraction of sp³-hybridized carbons (Fsp3) is 0.556. The molecule has 2 atom stereocenters. The summed E-state index contributed by atoms with van der Waals surface area (Å²) in [5, 5.41) is 5.17. The summed E-state index contributed by atoms with van der Waals surface area (Å²) in [5.74, 6) is -0.281. The van der Waals surface area contributed by atoms with Crippen LogP contribution in [0, 0.1) is 0 Å². The van der Waals surface area contributed by atoms with Crippen molar-refractivity contribution in [2.75, 3.05) is 13.7 Å². The summed E-state index contributed by atoms with van der Waals surface area (Å²) in [6, 6.07) is 7.50. The Morgan fingerprint density at radius 2 is 1.82 bits per heavy atom. The van der Waals surface area contributed by atoms with Gasteiger partial charge in [-0.1, -0.05) is 18.2 Å². The molecule has 0 aliphatic heterocycles. The molecule has 8 nitrogen and oxygen atoms in total. The minimum atomic E-state index is -3.80. The predicted octanol–water partition coefficient (Wildman–Crippen LogP) is 4.24. The van der Waals surface area contributed by atoms with E-state index in [1.807, 2.05) is 0 Å². The number of halogens is 1. The molecule has 0 saturated heterocycles. The minimum Gasteiger partial charge on any atom is -0.468 e. The van der Waals surface area contributed by atoms with Crippen LogP contribution in [-0.4, -0.2) is 37.4 Å². The predicted molar refractivity (Wildman–Crippen MR) is 108 cm³/mol. The van der Waals surface area contributed by atoms with Crippen LogP contribution in [0.25, 0.3) is 0 Å². The molecule has 0 aliphatic rings. The third kappa shape index (κ3) is 10.5. The highest BCUT2D eigenvalue weighted by Crippen LogP contribution is 2.48. The molecule has 28 heavy (non-hydrogen) atoms. The van der Waals surface area contributed by atoms with Gasteiger partial charge < -0.3 is 19.3 Å². The molecule has 0 saturated carbocycles. The molecule has 1 unspecified atom stereocenters. The van der Waals surface area contributed by atoms with E-state index in [2.05, 4.69) is 10.4 Å². The Balaban J connectivity index is 2.47. The zero-order valence-electron chi connectivity index (χ0n) is 16.6. The van der Waals surface area contributed by atoms with Crippen molar-refractivity contribution in [3.05, 3.63) is 30.3 Å². The lowest BCUT2D eigenvalue weighted by Gasteiger charge is -2.21. The van der Waals surface area contributed by atoms with Gasteiger partial charge in [0.15, 0.2) is 0 Å². The maximum atomic E-state index is 12.5. The van der Waals surface area contributed by atoms with E-state index < -0.39 is 30.6 Å². The summed E-state index contributed by atoms with van der Waals surface area (Å²) in [7, 11) is 1.23. The lowest BCUT2D eigenvalue weighted by Crippen LogP contribution is -2.36. The van der Waals surface area contributed by atoms with Crippen LogP contribution in [0.2, 0.25) is 0 Å². The molecule has 0 aromatic heterocycles. The SMILES string of the molecule is COC(=O)[C@@H](CCCCNC(=O)OC(C)(C)C)NP(=O)(Cl)Oc1ccccc1. The van der Waals surface area contributed by atoms with Gasteiger partial charge in [-0.05, 0) is 52.2 Å². The molecule has 2 N–H and O–H groups in total. The van der Waals surface area contributed by atoms with Gasteiger partial charge >= 0.3 is 18.9 Å². The molecule has 158 valence electrons. The number of carbonyl (C=O) groups excluding carboxylic acids is 2. The Kier molecular flexibility index (Phi) is 9.79. The third-order valence-corrected chi connectivity index (χ3v) is 4.92. The molecule has 0 bridgehead atoms. The molecule has 0 radical (unpaired) electrons. The second-order valence-corrected chi connectivity index (χ2v) is 9.75. The van der Waals surface area contributed by atoms with E-state index in [0.717, 1.165) is 0 Å². The number of hydrogen-bond donors (Lipinski definition) is 2. The lowest BCUT2D eigenvalue weighted by atomic mass is 10.1. The highest BCUT2D eigenvalue weighted by molar-refractivity contribution is 7.84. The number of alkyl carbamates (subject to hydrolysis) is 1. The number of nitrogens with one attached hydrogen (secondary N) is 2. The number of methoxy groups -OCH3 is 1. The maximum absolute atomic E-state index is 12.5. The first-order chi connectivity index (χ1) is 13.0. The van der Waals surface area contributed by atoms with Crippen LogP contribution >= 0.6 is 18.1 Å². The van der Waals surface area contributed by atoms with Gasteiger partial charge in [0, 0.05) is 17.8 Å². The first kappa shape index (κ1) is 24.3. The molecule has 0 spiro atoms. The zero-order chi connectivity index (χ0) is 21.2. The quantitative estimate of drug-likeness (QED) is 0.322. The number of ether oxygens (including phenoxy) is 2. The topological polar surface area (TPSA) is 103 Å². The minimum absolute atomic E-state index is 0.303. The van der Waals surface area contributed by atoms with Gasteiger partial charge in [-0.2, -0.15) is 0 Å². The number of hydrogen-bond acceptors (Lipinski definition) is 6. The first-order valence-electron chi connectivity index (χ1n) is 8.89. The normalized spacial score (nSPS) is 14.5. The summed E-state index contributed by atoms with van der Waals surface area (Å²) >= 11 is 5.95. The van der Waals surface area contributed by atoms with Crippen molar-refractivity contribution < 1.29 is 28.2 Å². The van der Waals surface area contributed by atoms with Crippen LogP contribution < -0.4 is 14.9 Å². The second kappa shape index (κ2) is 11.3. The molecule has 0 fully saturated rings. The standard InChI is InChI=1S/C18H28ClN2O6P/c1-18(2,3)26-17(23)20-13-9-8-12-15(16(22)25-4)21-28(19,24)27-14-10-6-5-7-11-14/h5-7,10-11,15H,8-9,12-13H2,1-4H3,(H,20,23)(H,21,24)/t15-,28?/m1/s1. The molecule has 1 rings (SSSR count). The molecular weight excluding hydrogens is 407 g/mol. The van der Waals surface area contributed by atoms with E-state index in [-0.39, 0.29) is 0 Å². The van der Waals surface area contributed by atoms with Gasteiger partial charge in [-0.3, -0.25) is 4.79 Å². The second-order valence-electron chi connectivity index (χ2n) is 7.01. The highest BCUT2D eigenvalue weighted by Gasteiger charge is 2.30. The highest BCUT2D eigenvalue weighted by atomic mass is 35.7. The van der Waals surface area contributed by atoms with E-state index in [4.69, 9.17) is 25.2 Å². The van der Waals surface area contributed by atoms with Gasteiger partial charge in [-0.15, -0.1) is 0 Å². The number of carbonyl (C=O) groups is 2. The van der Waals surface area contributed by atoms with E-state index in [9.17, 15) is 14.2 Å². The first-order valence-corrected chi connectivity index (χ1v) is 11.4. The summed E-state index contributed by atoms with van der Waals surface area (Å²) in [6.45, 7) is 1.91. The summed E-state index contributed by atoms with van der Waals surface area (Å²) in [4.78, 5) is 23.5. The Hall–Kier alpha value is -1.76. The monoisotopic (exact) mass is 434 g/mol. The molecular formula is C18H28ClN2O6P. The molecule has 10 heteroatoms. The Bertz CT molecular complexity index is 680. The average molecular weight is 435 g/mol. The number of unbranched alkanes of at least 4 members (excludes halogenated alkanes) is 1. The van der Waals surface area contributed by atoms with Gasteiger partial charge in [0.1, 0.15) is 17.4 Å². The van der Waals surface area contributed by atoms with Crippen LogP contribution in [0.5, 0.6) is 5.75 Å². The maximum Gasteiger partial charge on any atom is 0.409 e. The smallest absolute Gasteiger partial charge is 0.409 e. The Labute approximate surface area is 170 Å². The zero-order valence-corrected chi connectivity index (χ0v) is 18.2. The molecule has 0 heterocycles. The molecule has 1 aromatic carbocycles. The van der Waals surface area contributed by atoms with Crippen LogP contribution in [0.1, 0.15) is 40.0 Å². The number of benzene rings is 1. The number of amides is 1. The number of para-hydroxylation sites is 1. The van der Waals surface area contributed by atoms with Crippen LogP contribution in [-0.2, 0) is 18.8 Å². The van der Waals surface area contributed by atoms with Crippen molar-refractivity contribution in [3.8, 4) is 5.75 Å². The van der Waals surface area contributed by atoms with E-state index >= 15 is 0 Å². The molecule has 0 aliphatic carbocycles. The third-order valence-electron chi connectivity index (χ3n) is 3.35. The van der Waals surface area contributed by atoms with Crippen molar-refractivity contribution in [1.82, 2.24) is 10.4 Å². The summed E-state index contributed by atoms with van der Waals surface area (Å²) < 4.78 is 27.6. The number of rotatable bonds is 10. The summed E-state index contributed by atoms with van der Waals surface area (Å²) in [5.41, 5.74) is -0.565. The molecule has 1 amide bonds. The van der Waals surface area contributed by atoms with Gasteiger partial charge in [0.2, 0.25) is 0 Å². The van der Waals surface area contributed by atoms with Crippen molar-refractivity contribution in [1.29, 1.82) is 0 Å². The number of esters is 1. The van der Waals surface area contributed by atoms with Crippen molar-refractivity contribution in [2.24, 2.45) is 0 Å². The van der Waals surface area contributed by atoms with Crippen LogP contribution in [0.4, 0.5) is 4.79 Å². The summed E-state index contributed by atoms with van der Waals surface area (Å²) in [6.07, 6.45) is 0.930. The van der Waals surface area contributed by atoms with Crippen molar-refractivity contribution >= 4 is 30.2 Å². The van der Waals surface area contributed by atoms with Gasteiger partial charge in [0.25, 0.3) is 0 Å². The van der Waals surface area contributed by atoms with Crippen molar-refractivity contribution in [2.45, 2.75) is 51.7 Å². The van der Waals surface area contributed by atoms with E-state index in [1.165, 1.54) is 7.11 Å². The van der Waals surface area contributed by atoms with Crippen LogP contribution in [0.15, 0.2) is 30.3 Å². The largest absolute Gasteiger partial charge is 0.468 e. The molecule has 1 aromatic rings. The lowest BCUT2D eigenvalue weighted by molar-refractivity contribution is -0.142. The van der Waals surface area contributed by atoms with Crippen molar-refractivity contribution in [3.63, 3.8) is 0 Å². The van der Waals surface area contributed by atoms with E-state index in [0.29, 0.717) is 31.6 Å². The van der Waals surface area contributed by atoms with Gasteiger partial charge in [0.05, 0.1) is 7.11 Å². The fourth-order valence-corrected chi connectivity index (χ4v) is 3.83. The van der Waals surface area contributed by atoms with Gasteiger partial charge in [-0.25, -0.2) is 14.4 Å². The van der Waals surface area contributed by atoms with Crippen LogP contribution in [0.3, 0.4) is 0 Å². The average Bonchev–Trinajstić information content (AvgIpc) is 2.58. The van der Waals surface area contributed by atoms with E-state index in [1.54, 1.807) is 51.1 Å². The Morgan fingerprint density at radius 1 is 1.18 bits per heavy atom. The fourth-order valence-electron chi connectivity index (χ4n) is 2.18. The Morgan fingerprint density at radius 3 is 2.39 bits per heavy atom.